The maximum Gasteiger partial charge on any atom is 0.0305 e. The molecule has 1 unspecified atom stereocenters. The number of thiophene rings is 1. The Morgan fingerprint density at radius 2 is 2.45 bits per heavy atom. The highest BCUT2D eigenvalue weighted by Crippen LogP contribution is 2.36. The van der Waals surface area contributed by atoms with Crippen molar-refractivity contribution in [2.45, 2.75) is 25.3 Å². The van der Waals surface area contributed by atoms with E-state index in [9.17, 15) is 0 Å². The predicted molar refractivity (Wildman–Crippen MR) is 48.6 cm³/mol. The summed E-state index contributed by atoms with van der Waals surface area (Å²) in [6.07, 6.45) is 3.99. The Hall–Kier alpha value is -0.340. The summed E-state index contributed by atoms with van der Waals surface area (Å²) in [5.41, 5.74) is 7.31. The van der Waals surface area contributed by atoms with Crippen LogP contribution < -0.4 is 5.73 Å². The van der Waals surface area contributed by atoms with Crippen LogP contribution in [0.3, 0.4) is 0 Å². The Balaban J connectivity index is 1.93. The van der Waals surface area contributed by atoms with Crippen LogP contribution in [0.2, 0.25) is 0 Å². The van der Waals surface area contributed by atoms with Gasteiger partial charge in [-0.2, -0.15) is 11.3 Å². The average molecular weight is 167 g/mol. The summed E-state index contributed by atoms with van der Waals surface area (Å²) in [4.78, 5) is 0. The molecule has 1 nitrogen and oxygen atoms in total. The Labute approximate surface area is 71.2 Å². The van der Waals surface area contributed by atoms with E-state index in [0.29, 0.717) is 6.04 Å². The fourth-order valence-electron chi connectivity index (χ4n) is 1.33. The van der Waals surface area contributed by atoms with Gasteiger partial charge in [0, 0.05) is 6.04 Å². The molecule has 2 N–H and O–H groups in total. The highest BCUT2D eigenvalue weighted by Gasteiger charge is 2.24. The predicted octanol–water partition coefficient (Wildman–Crippen LogP) is 2.55. The van der Waals surface area contributed by atoms with Gasteiger partial charge in [0.05, 0.1) is 0 Å². The molecule has 0 aliphatic heterocycles. The molecular formula is C9H13NS. The Morgan fingerprint density at radius 1 is 1.64 bits per heavy atom. The van der Waals surface area contributed by atoms with E-state index in [4.69, 9.17) is 5.73 Å². The summed E-state index contributed by atoms with van der Waals surface area (Å²) in [5.74, 6) is 0.935. The fourth-order valence-corrected chi connectivity index (χ4v) is 2.06. The maximum absolute atomic E-state index is 5.99. The monoisotopic (exact) mass is 167 g/mol. The second-order valence-electron chi connectivity index (χ2n) is 3.34. The number of hydrogen-bond donors (Lipinski definition) is 1. The van der Waals surface area contributed by atoms with E-state index in [1.807, 2.05) is 0 Å². The standard InChI is InChI=1S/C9H13NS/c10-9(5-7-1-2-7)8-3-4-11-6-8/h3-4,6-7,9H,1-2,5,10H2. The van der Waals surface area contributed by atoms with E-state index in [-0.39, 0.29) is 0 Å². The van der Waals surface area contributed by atoms with Gasteiger partial charge in [0.25, 0.3) is 0 Å². The quantitative estimate of drug-likeness (QED) is 0.735. The van der Waals surface area contributed by atoms with Gasteiger partial charge in [-0.1, -0.05) is 12.8 Å². The zero-order chi connectivity index (χ0) is 7.68. The average Bonchev–Trinajstić information content (AvgIpc) is 2.67. The van der Waals surface area contributed by atoms with Gasteiger partial charge in [0.1, 0.15) is 0 Å². The van der Waals surface area contributed by atoms with Crippen LogP contribution in [-0.2, 0) is 0 Å². The number of rotatable bonds is 3. The van der Waals surface area contributed by atoms with Crippen LogP contribution in [0.25, 0.3) is 0 Å². The zero-order valence-corrected chi connectivity index (χ0v) is 7.31. The number of hydrogen-bond acceptors (Lipinski definition) is 2. The molecule has 1 atom stereocenters. The molecule has 1 aromatic heterocycles. The van der Waals surface area contributed by atoms with Crippen LogP contribution in [0.1, 0.15) is 30.9 Å². The summed E-state index contributed by atoms with van der Waals surface area (Å²) in [6, 6.07) is 2.44. The minimum absolute atomic E-state index is 0.300. The third-order valence-electron chi connectivity index (χ3n) is 2.26. The van der Waals surface area contributed by atoms with Crippen molar-refractivity contribution in [3.05, 3.63) is 22.4 Å². The number of nitrogens with two attached hydrogens (primary N) is 1. The summed E-state index contributed by atoms with van der Waals surface area (Å²) >= 11 is 1.74. The molecule has 1 aromatic rings. The molecule has 11 heavy (non-hydrogen) atoms. The third kappa shape index (κ3) is 1.82. The van der Waals surface area contributed by atoms with E-state index in [2.05, 4.69) is 16.8 Å². The molecule has 2 rings (SSSR count). The molecule has 0 radical (unpaired) electrons. The molecule has 0 bridgehead atoms. The SMILES string of the molecule is NC(CC1CC1)c1ccsc1. The summed E-state index contributed by atoms with van der Waals surface area (Å²) in [7, 11) is 0. The summed E-state index contributed by atoms with van der Waals surface area (Å²) < 4.78 is 0. The van der Waals surface area contributed by atoms with Gasteiger partial charge >= 0.3 is 0 Å². The Kier molecular flexibility index (Phi) is 1.96. The third-order valence-corrected chi connectivity index (χ3v) is 2.96. The lowest BCUT2D eigenvalue weighted by Crippen LogP contribution is -2.09. The maximum atomic E-state index is 5.99. The second kappa shape index (κ2) is 2.95. The molecule has 0 aromatic carbocycles. The normalized spacial score (nSPS) is 20.1. The van der Waals surface area contributed by atoms with Crippen LogP contribution in [-0.4, -0.2) is 0 Å². The summed E-state index contributed by atoms with van der Waals surface area (Å²) in [5, 5.41) is 4.26. The van der Waals surface area contributed by atoms with Gasteiger partial charge in [0.15, 0.2) is 0 Å². The van der Waals surface area contributed by atoms with Crippen molar-refractivity contribution in [2.75, 3.05) is 0 Å². The largest absolute Gasteiger partial charge is 0.324 e. The van der Waals surface area contributed by atoms with Crippen molar-refractivity contribution in [3.8, 4) is 0 Å². The van der Waals surface area contributed by atoms with Crippen LogP contribution in [0.15, 0.2) is 16.8 Å². The van der Waals surface area contributed by atoms with Crippen LogP contribution in [0.5, 0.6) is 0 Å². The van der Waals surface area contributed by atoms with Crippen molar-refractivity contribution < 1.29 is 0 Å². The first-order chi connectivity index (χ1) is 5.36. The van der Waals surface area contributed by atoms with Gasteiger partial charge in [-0.3, -0.25) is 0 Å². The second-order valence-corrected chi connectivity index (χ2v) is 4.12. The molecule has 60 valence electrons. The molecule has 2 heteroatoms. The first-order valence-electron chi connectivity index (χ1n) is 4.14. The molecule has 0 spiro atoms. The molecule has 1 saturated carbocycles. The van der Waals surface area contributed by atoms with E-state index in [1.54, 1.807) is 11.3 Å². The lowest BCUT2D eigenvalue weighted by molar-refractivity contribution is 0.598. The van der Waals surface area contributed by atoms with E-state index in [1.165, 1.54) is 24.8 Å². The molecule has 0 saturated heterocycles. The first-order valence-corrected chi connectivity index (χ1v) is 5.08. The highest BCUT2D eigenvalue weighted by molar-refractivity contribution is 7.07. The minimum atomic E-state index is 0.300. The lowest BCUT2D eigenvalue weighted by Gasteiger charge is -2.07. The van der Waals surface area contributed by atoms with Crippen LogP contribution >= 0.6 is 11.3 Å². The van der Waals surface area contributed by atoms with E-state index < -0.39 is 0 Å². The lowest BCUT2D eigenvalue weighted by atomic mass is 10.1. The molecule has 1 fully saturated rings. The van der Waals surface area contributed by atoms with Gasteiger partial charge in [0.2, 0.25) is 0 Å². The van der Waals surface area contributed by atoms with Gasteiger partial charge in [-0.15, -0.1) is 0 Å². The van der Waals surface area contributed by atoms with Gasteiger partial charge in [-0.05, 0) is 34.7 Å². The molecular weight excluding hydrogens is 154 g/mol. The van der Waals surface area contributed by atoms with Crippen molar-refractivity contribution >= 4 is 11.3 Å². The van der Waals surface area contributed by atoms with Crippen molar-refractivity contribution in [2.24, 2.45) is 11.7 Å². The smallest absolute Gasteiger partial charge is 0.0305 e. The van der Waals surface area contributed by atoms with Crippen molar-refractivity contribution in [1.82, 2.24) is 0 Å². The fraction of sp³-hybridized carbons (Fsp3) is 0.556. The topological polar surface area (TPSA) is 26.0 Å². The van der Waals surface area contributed by atoms with Gasteiger partial charge < -0.3 is 5.73 Å². The molecule has 1 aliphatic rings. The van der Waals surface area contributed by atoms with Gasteiger partial charge in [-0.25, -0.2) is 0 Å². The van der Waals surface area contributed by atoms with Crippen LogP contribution in [0.4, 0.5) is 0 Å². The Morgan fingerprint density at radius 3 is 3.00 bits per heavy atom. The molecule has 1 heterocycles. The van der Waals surface area contributed by atoms with E-state index >= 15 is 0 Å². The van der Waals surface area contributed by atoms with Crippen molar-refractivity contribution in [3.63, 3.8) is 0 Å². The molecule has 1 aliphatic carbocycles. The summed E-state index contributed by atoms with van der Waals surface area (Å²) in [6.45, 7) is 0. The molecule has 0 amide bonds. The highest BCUT2D eigenvalue weighted by atomic mass is 32.1. The van der Waals surface area contributed by atoms with Crippen molar-refractivity contribution in [1.29, 1.82) is 0 Å². The van der Waals surface area contributed by atoms with Crippen LogP contribution in [0, 0.1) is 5.92 Å². The van der Waals surface area contributed by atoms with E-state index in [0.717, 1.165) is 5.92 Å². The Bertz CT molecular complexity index is 213. The zero-order valence-electron chi connectivity index (χ0n) is 6.49. The minimum Gasteiger partial charge on any atom is -0.324 e. The first kappa shape index (κ1) is 7.32.